The number of aromatic amines is 1. The van der Waals surface area contributed by atoms with Gasteiger partial charge >= 0.3 is 0 Å². The molecule has 1 aliphatic rings. The van der Waals surface area contributed by atoms with E-state index in [1.54, 1.807) is 0 Å². The quantitative estimate of drug-likeness (QED) is 0.689. The lowest BCUT2D eigenvalue weighted by molar-refractivity contribution is 0.808. The van der Waals surface area contributed by atoms with Crippen LogP contribution in [0, 0.1) is 0 Å². The predicted octanol–water partition coefficient (Wildman–Crippen LogP) is 2.41. The molecule has 0 bridgehead atoms. The normalized spacial score (nSPS) is 17.7. The maximum atomic E-state index is 4.25. The molecule has 2 heteroatoms. The molecule has 1 aromatic rings. The summed E-state index contributed by atoms with van der Waals surface area (Å²) in [7, 11) is 0. The SMILES string of the molecule is CC(C)c1cc(C2CC2)[nH]n1. The van der Waals surface area contributed by atoms with E-state index in [1.807, 2.05) is 0 Å². The molecule has 0 atom stereocenters. The summed E-state index contributed by atoms with van der Waals surface area (Å²) in [6, 6.07) is 2.21. The van der Waals surface area contributed by atoms with E-state index in [2.05, 4.69) is 30.1 Å². The summed E-state index contributed by atoms with van der Waals surface area (Å²) in [4.78, 5) is 0. The van der Waals surface area contributed by atoms with Gasteiger partial charge in [0.25, 0.3) is 0 Å². The van der Waals surface area contributed by atoms with Crippen LogP contribution in [0.3, 0.4) is 0 Å². The van der Waals surface area contributed by atoms with E-state index >= 15 is 0 Å². The van der Waals surface area contributed by atoms with Crippen LogP contribution in [0.25, 0.3) is 0 Å². The number of nitrogens with one attached hydrogen (secondary N) is 1. The van der Waals surface area contributed by atoms with Crippen molar-refractivity contribution in [3.8, 4) is 0 Å². The fourth-order valence-electron chi connectivity index (χ4n) is 1.25. The minimum atomic E-state index is 0.554. The minimum Gasteiger partial charge on any atom is -0.282 e. The topological polar surface area (TPSA) is 28.7 Å². The van der Waals surface area contributed by atoms with Crippen LogP contribution in [-0.4, -0.2) is 10.2 Å². The van der Waals surface area contributed by atoms with E-state index in [0.717, 1.165) is 5.92 Å². The van der Waals surface area contributed by atoms with Crippen LogP contribution in [0.15, 0.2) is 6.07 Å². The molecule has 2 nitrogen and oxygen atoms in total. The van der Waals surface area contributed by atoms with Gasteiger partial charge in [-0.15, -0.1) is 0 Å². The fourth-order valence-corrected chi connectivity index (χ4v) is 1.25. The smallest absolute Gasteiger partial charge is 0.0650 e. The zero-order valence-electron chi connectivity index (χ0n) is 7.09. The Morgan fingerprint density at radius 1 is 1.55 bits per heavy atom. The second-order valence-corrected chi connectivity index (χ2v) is 3.68. The van der Waals surface area contributed by atoms with Crippen LogP contribution in [-0.2, 0) is 0 Å². The van der Waals surface area contributed by atoms with Gasteiger partial charge in [-0.2, -0.15) is 5.10 Å². The molecule has 1 fully saturated rings. The molecule has 0 aliphatic heterocycles. The van der Waals surface area contributed by atoms with Crippen molar-refractivity contribution in [2.24, 2.45) is 0 Å². The molecule has 0 unspecified atom stereocenters. The van der Waals surface area contributed by atoms with Gasteiger partial charge in [-0.1, -0.05) is 13.8 Å². The third kappa shape index (κ3) is 1.30. The van der Waals surface area contributed by atoms with Crippen molar-refractivity contribution >= 4 is 0 Å². The monoisotopic (exact) mass is 150 g/mol. The van der Waals surface area contributed by atoms with Gasteiger partial charge in [0.05, 0.1) is 5.69 Å². The predicted molar refractivity (Wildman–Crippen MR) is 44.7 cm³/mol. The van der Waals surface area contributed by atoms with Gasteiger partial charge in [-0.05, 0) is 24.8 Å². The lowest BCUT2D eigenvalue weighted by atomic mass is 10.1. The molecule has 1 N–H and O–H groups in total. The Bertz CT molecular complexity index is 229. The van der Waals surface area contributed by atoms with Gasteiger partial charge in [0.1, 0.15) is 0 Å². The zero-order chi connectivity index (χ0) is 7.84. The molecule has 11 heavy (non-hydrogen) atoms. The minimum absolute atomic E-state index is 0.554. The highest BCUT2D eigenvalue weighted by Gasteiger charge is 2.25. The van der Waals surface area contributed by atoms with Crippen LogP contribution in [0.4, 0.5) is 0 Å². The van der Waals surface area contributed by atoms with Gasteiger partial charge < -0.3 is 0 Å². The van der Waals surface area contributed by atoms with Gasteiger partial charge in [0.15, 0.2) is 0 Å². The zero-order valence-corrected chi connectivity index (χ0v) is 7.09. The summed E-state index contributed by atoms with van der Waals surface area (Å²) >= 11 is 0. The lowest BCUT2D eigenvalue weighted by Crippen LogP contribution is -1.85. The molecule has 1 saturated carbocycles. The molecule has 0 saturated heterocycles. The third-order valence-corrected chi connectivity index (χ3v) is 2.23. The van der Waals surface area contributed by atoms with Crippen molar-refractivity contribution in [2.75, 3.05) is 0 Å². The second kappa shape index (κ2) is 2.36. The van der Waals surface area contributed by atoms with Crippen molar-refractivity contribution in [2.45, 2.75) is 38.5 Å². The molecular formula is C9H14N2. The van der Waals surface area contributed by atoms with Gasteiger partial charge in [-0.25, -0.2) is 0 Å². The van der Waals surface area contributed by atoms with E-state index in [0.29, 0.717) is 5.92 Å². The van der Waals surface area contributed by atoms with Crippen molar-refractivity contribution in [3.05, 3.63) is 17.5 Å². The first-order chi connectivity index (χ1) is 5.27. The fraction of sp³-hybridized carbons (Fsp3) is 0.667. The number of aromatic nitrogens is 2. The molecule has 2 rings (SSSR count). The van der Waals surface area contributed by atoms with E-state index in [1.165, 1.54) is 24.2 Å². The standard InChI is InChI=1S/C9H14N2/c1-6(2)8-5-9(11-10-8)7-3-4-7/h5-7H,3-4H2,1-2H3,(H,10,11). The average molecular weight is 150 g/mol. The molecule has 0 radical (unpaired) electrons. The summed E-state index contributed by atoms with van der Waals surface area (Å²) in [6.07, 6.45) is 2.69. The Labute approximate surface area is 67.0 Å². The first kappa shape index (κ1) is 6.89. The maximum absolute atomic E-state index is 4.25. The van der Waals surface area contributed by atoms with Gasteiger partial charge in [-0.3, -0.25) is 5.10 Å². The van der Waals surface area contributed by atoms with Crippen molar-refractivity contribution in [1.82, 2.24) is 10.2 Å². The van der Waals surface area contributed by atoms with E-state index < -0.39 is 0 Å². The summed E-state index contributed by atoms with van der Waals surface area (Å²) in [6.45, 7) is 4.35. The van der Waals surface area contributed by atoms with Crippen LogP contribution < -0.4 is 0 Å². The maximum Gasteiger partial charge on any atom is 0.0650 e. The summed E-state index contributed by atoms with van der Waals surface area (Å²) in [5.74, 6) is 1.36. The van der Waals surface area contributed by atoms with E-state index in [4.69, 9.17) is 0 Å². The summed E-state index contributed by atoms with van der Waals surface area (Å²) < 4.78 is 0. The largest absolute Gasteiger partial charge is 0.282 e. The Morgan fingerprint density at radius 2 is 2.27 bits per heavy atom. The number of H-pyrrole nitrogens is 1. The molecule has 0 aromatic carbocycles. The Balaban J connectivity index is 2.18. The summed E-state index contributed by atoms with van der Waals surface area (Å²) in [5.41, 5.74) is 2.54. The highest BCUT2D eigenvalue weighted by molar-refractivity contribution is 5.19. The van der Waals surface area contributed by atoms with Crippen LogP contribution in [0.1, 0.15) is 49.9 Å². The molecule has 1 aliphatic carbocycles. The molecule has 1 heterocycles. The summed E-state index contributed by atoms with van der Waals surface area (Å²) in [5, 5.41) is 7.35. The van der Waals surface area contributed by atoms with Crippen LogP contribution in [0.2, 0.25) is 0 Å². The molecule has 0 amide bonds. The number of hydrogen-bond donors (Lipinski definition) is 1. The average Bonchev–Trinajstić information content (AvgIpc) is 2.68. The lowest BCUT2D eigenvalue weighted by Gasteiger charge is -1.94. The third-order valence-electron chi connectivity index (χ3n) is 2.23. The Hall–Kier alpha value is -0.790. The van der Waals surface area contributed by atoms with Crippen LogP contribution in [0.5, 0.6) is 0 Å². The number of rotatable bonds is 2. The number of hydrogen-bond acceptors (Lipinski definition) is 1. The molecule has 60 valence electrons. The highest BCUT2D eigenvalue weighted by Crippen LogP contribution is 2.39. The van der Waals surface area contributed by atoms with Crippen LogP contribution >= 0.6 is 0 Å². The Kier molecular flexibility index (Phi) is 1.48. The number of nitrogens with zero attached hydrogens (tertiary/aromatic N) is 1. The molecular weight excluding hydrogens is 136 g/mol. The van der Waals surface area contributed by atoms with Crippen molar-refractivity contribution < 1.29 is 0 Å². The first-order valence-corrected chi connectivity index (χ1v) is 4.32. The molecule has 1 aromatic heterocycles. The van der Waals surface area contributed by atoms with Crippen molar-refractivity contribution in [1.29, 1.82) is 0 Å². The van der Waals surface area contributed by atoms with Crippen molar-refractivity contribution in [3.63, 3.8) is 0 Å². The highest BCUT2D eigenvalue weighted by atomic mass is 15.1. The molecule has 0 spiro atoms. The Morgan fingerprint density at radius 3 is 2.73 bits per heavy atom. The van der Waals surface area contributed by atoms with E-state index in [9.17, 15) is 0 Å². The van der Waals surface area contributed by atoms with Gasteiger partial charge in [0.2, 0.25) is 0 Å². The van der Waals surface area contributed by atoms with Gasteiger partial charge in [0, 0.05) is 11.6 Å². The first-order valence-electron chi connectivity index (χ1n) is 4.32. The van der Waals surface area contributed by atoms with E-state index in [-0.39, 0.29) is 0 Å². The second-order valence-electron chi connectivity index (χ2n) is 3.68.